The first kappa shape index (κ1) is 18.2. The topological polar surface area (TPSA) is 15.3 Å². The van der Waals surface area contributed by atoms with Crippen LogP contribution in [0.4, 0.5) is 0 Å². The third-order valence-electron chi connectivity index (χ3n) is 4.76. The van der Waals surface area contributed by atoms with Crippen LogP contribution in [0, 0.1) is 6.92 Å². The molecule has 0 heterocycles. The summed E-state index contributed by atoms with van der Waals surface area (Å²) in [5, 5.41) is 3.79. The molecule has 0 aliphatic heterocycles. The summed E-state index contributed by atoms with van der Waals surface area (Å²) in [4.78, 5) is 2.57. The first-order valence-corrected chi connectivity index (χ1v) is 8.50. The lowest BCUT2D eigenvalue weighted by Gasteiger charge is -2.44. The molecule has 0 fully saturated rings. The Morgan fingerprint density at radius 1 is 1.10 bits per heavy atom. The highest BCUT2D eigenvalue weighted by atomic mass is 15.2. The van der Waals surface area contributed by atoms with E-state index in [4.69, 9.17) is 0 Å². The Kier molecular flexibility index (Phi) is 7.41. The molecule has 0 amide bonds. The van der Waals surface area contributed by atoms with Crippen LogP contribution in [-0.4, -0.2) is 36.1 Å². The van der Waals surface area contributed by atoms with E-state index in [1.807, 2.05) is 0 Å². The predicted molar refractivity (Wildman–Crippen MR) is 94.0 cm³/mol. The van der Waals surface area contributed by atoms with Gasteiger partial charge >= 0.3 is 0 Å². The van der Waals surface area contributed by atoms with Crippen LogP contribution >= 0.6 is 0 Å². The molecular formula is C19H34N2. The van der Waals surface area contributed by atoms with E-state index >= 15 is 0 Å². The van der Waals surface area contributed by atoms with E-state index in [1.54, 1.807) is 0 Å². The Bertz CT molecular complexity index is 408. The normalized spacial score (nSPS) is 13.7. The molecule has 0 radical (unpaired) electrons. The van der Waals surface area contributed by atoms with Crippen molar-refractivity contribution in [2.24, 2.45) is 0 Å². The molecule has 1 N–H and O–H groups in total. The largest absolute Gasteiger partial charge is 0.312 e. The summed E-state index contributed by atoms with van der Waals surface area (Å²) in [7, 11) is 0. The second kappa shape index (κ2) is 8.55. The van der Waals surface area contributed by atoms with E-state index < -0.39 is 0 Å². The summed E-state index contributed by atoms with van der Waals surface area (Å²) in [6, 6.07) is 9.25. The third kappa shape index (κ3) is 4.82. The van der Waals surface area contributed by atoms with E-state index in [-0.39, 0.29) is 5.54 Å². The molecule has 1 unspecified atom stereocenters. The minimum Gasteiger partial charge on any atom is -0.312 e. The van der Waals surface area contributed by atoms with Crippen molar-refractivity contribution in [2.75, 3.05) is 19.6 Å². The van der Waals surface area contributed by atoms with Crippen molar-refractivity contribution in [1.82, 2.24) is 10.2 Å². The monoisotopic (exact) mass is 290 g/mol. The number of likely N-dealkylation sites (N-methyl/N-ethyl adjacent to an activating group) is 1. The molecule has 0 aliphatic carbocycles. The number of nitrogens with zero attached hydrogens (tertiary/aromatic N) is 1. The minimum absolute atomic E-state index is 0.154. The van der Waals surface area contributed by atoms with E-state index in [0.717, 1.165) is 26.1 Å². The molecule has 0 aromatic heterocycles. The second-order valence-electron chi connectivity index (χ2n) is 6.46. The summed E-state index contributed by atoms with van der Waals surface area (Å²) in [5.74, 6) is 0. The third-order valence-corrected chi connectivity index (χ3v) is 4.76. The molecule has 0 saturated carbocycles. The van der Waals surface area contributed by atoms with Crippen molar-refractivity contribution in [3.63, 3.8) is 0 Å². The quantitative estimate of drug-likeness (QED) is 0.739. The van der Waals surface area contributed by atoms with Crippen molar-refractivity contribution < 1.29 is 0 Å². The van der Waals surface area contributed by atoms with Gasteiger partial charge in [-0.25, -0.2) is 0 Å². The van der Waals surface area contributed by atoms with Crippen molar-refractivity contribution in [3.8, 4) is 0 Å². The molecule has 1 aromatic carbocycles. The molecule has 2 heteroatoms. The van der Waals surface area contributed by atoms with Crippen LogP contribution < -0.4 is 5.32 Å². The van der Waals surface area contributed by atoms with Gasteiger partial charge in [-0.15, -0.1) is 0 Å². The smallest absolute Gasteiger partial charge is 0.0309 e. The van der Waals surface area contributed by atoms with Crippen LogP contribution in [0.25, 0.3) is 0 Å². The van der Waals surface area contributed by atoms with Crippen LogP contribution in [0.15, 0.2) is 24.3 Å². The average Bonchev–Trinajstić information content (AvgIpc) is 2.46. The van der Waals surface area contributed by atoms with Crippen LogP contribution in [0.1, 0.15) is 52.2 Å². The van der Waals surface area contributed by atoms with Crippen molar-refractivity contribution in [2.45, 2.75) is 66.0 Å². The maximum atomic E-state index is 3.79. The lowest BCUT2D eigenvalue weighted by molar-refractivity contribution is 0.0911. The van der Waals surface area contributed by atoms with Crippen LogP contribution in [-0.2, 0) is 6.42 Å². The lowest BCUT2D eigenvalue weighted by Crippen LogP contribution is -2.58. The first-order valence-electron chi connectivity index (χ1n) is 8.50. The molecule has 1 atom stereocenters. The molecule has 21 heavy (non-hydrogen) atoms. The molecule has 2 nitrogen and oxygen atoms in total. The van der Waals surface area contributed by atoms with Gasteiger partial charge in [0, 0.05) is 11.6 Å². The summed E-state index contributed by atoms with van der Waals surface area (Å²) in [5.41, 5.74) is 3.02. The van der Waals surface area contributed by atoms with Crippen molar-refractivity contribution in [1.29, 1.82) is 0 Å². The van der Waals surface area contributed by atoms with Crippen LogP contribution in [0.5, 0.6) is 0 Å². The Balaban J connectivity index is 2.96. The molecule has 120 valence electrons. The fourth-order valence-electron chi connectivity index (χ4n) is 3.21. The van der Waals surface area contributed by atoms with Gasteiger partial charge in [0.05, 0.1) is 0 Å². The van der Waals surface area contributed by atoms with Crippen LogP contribution in [0.2, 0.25) is 0 Å². The molecule has 0 aliphatic rings. The summed E-state index contributed by atoms with van der Waals surface area (Å²) >= 11 is 0. The van der Waals surface area contributed by atoms with Gasteiger partial charge < -0.3 is 5.32 Å². The number of benzene rings is 1. The van der Waals surface area contributed by atoms with E-state index in [1.165, 1.54) is 17.5 Å². The molecule has 0 saturated heterocycles. The number of nitrogens with one attached hydrogen (secondary N) is 1. The SMILES string of the molecule is CCCNC(Cc1ccccc1C)C(C)(C)N(CC)CC. The van der Waals surface area contributed by atoms with Gasteiger partial charge in [-0.2, -0.15) is 0 Å². The molecular weight excluding hydrogens is 256 g/mol. The maximum Gasteiger partial charge on any atom is 0.0309 e. The second-order valence-corrected chi connectivity index (χ2v) is 6.46. The number of aryl methyl sites for hydroxylation is 1. The fourth-order valence-corrected chi connectivity index (χ4v) is 3.21. The summed E-state index contributed by atoms with van der Waals surface area (Å²) in [6.07, 6.45) is 2.27. The first-order chi connectivity index (χ1) is 9.97. The van der Waals surface area contributed by atoms with Gasteiger partial charge in [-0.3, -0.25) is 4.90 Å². The zero-order valence-corrected chi connectivity index (χ0v) is 14.9. The average molecular weight is 290 g/mol. The Hall–Kier alpha value is -0.860. The minimum atomic E-state index is 0.154. The van der Waals surface area contributed by atoms with Gasteiger partial charge in [0.1, 0.15) is 0 Å². The Morgan fingerprint density at radius 3 is 2.24 bits per heavy atom. The van der Waals surface area contributed by atoms with Gasteiger partial charge in [-0.1, -0.05) is 45.0 Å². The summed E-state index contributed by atoms with van der Waals surface area (Å²) in [6.45, 7) is 17.0. The molecule has 0 bridgehead atoms. The highest BCUT2D eigenvalue weighted by Gasteiger charge is 2.33. The Morgan fingerprint density at radius 2 is 1.71 bits per heavy atom. The predicted octanol–water partition coefficient (Wildman–Crippen LogP) is 4.03. The highest BCUT2D eigenvalue weighted by molar-refractivity contribution is 5.27. The van der Waals surface area contributed by atoms with Gasteiger partial charge in [-0.05, 0) is 64.4 Å². The molecule has 1 rings (SSSR count). The fraction of sp³-hybridized carbons (Fsp3) is 0.684. The van der Waals surface area contributed by atoms with Crippen LogP contribution in [0.3, 0.4) is 0 Å². The van der Waals surface area contributed by atoms with E-state index in [0.29, 0.717) is 6.04 Å². The number of hydrogen-bond acceptors (Lipinski definition) is 2. The number of hydrogen-bond donors (Lipinski definition) is 1. The van der Waals surface area contributed by atoms with E-state index in [2.05, 4.69) is 76.0 Å². The lowest BCUT2D eigenvalue weighted by atomic mass is 9.86. The van der Waals surface area contributed by atoms with Gasteiger partial charge in [0.15, 0.2) is 0 Å². The molecule has 0 spiro atoms. The van der Waals surface area contributed by atoms with E-state index in [9.17, 15) is 0 Å². The number of rotatable bonds is 9. The Labute approximate surface area is 131 Å². The summed E-state index contributed by atoms with van der Waals surface area (Å²) < 4.78 is 0. The maximum absolute atomic E-state index is 3.79. The molecule has 1 aromatic rings. The van der Waals surface area contributed by atoms with Crippen molar-refractivity contribution >= 4 is 0 Å². The van der Waals surface area contributed by atoms with Crippen molar-refractivity contribution in [3.05, 3.63) is 35.4 Å². The zero-order valence-electron chi connectivity index (χ0n) is 14.9. The highest BCUT2D eigenvalue weighted by Crippen LogP contribution is 2.23. The van der Waals surface area contributed by atoms with Gasteiger partial charge in [0.25, 0.3) is 0 Å². The zero-order chi connectivity index (χ0) is 15.9. The van der Waals surface area contributed by atoms with Gasteiger partial charge in [0.2, 0.25) is 0 Å². The standard InChI is InChI=1S/C19H34N2/c1-7-14-20-18(19(5,6)21(8-2)9-3)15-17-13-11-10-12-16(17)4/h10-13,18,20H,7-9,14-15H2,1-6H3.